The van der Waals surface area contributed by atoms with Crippen molar-refractivity contribution in [2.75, 3.05) is 6.61 Å². The highest BCUT2D eigenvalue weighted by Crippen LogP contribution is 2.09. The number of carbonyl (C=O) groups is 1. The molecule has 0 amide bonds. The van der Waals surface area contributed by atoms with Crippen LogP contribution in [0.25, 0.3) is 0 Å². The number of hydrogen-bond acceptors (Lipinski definition) is 2. The minimum Gasteiger partial charge on any atom is -0.463 e. The molecular formula is C18H36O2. The molecule has 0 unspecified atom stereocenters. The molecule has 0 rings (SSSR count). The van der Waals surface area contributed by atoms with Gasteiger partial charge in [-0.1, -0.05) is 91.6 Å². The van der Waals surface area contributed by atoms with E-state index in [-0.39, 0.29) is 5.97 Å². The van der Waals surface area contributed by atoms with Gasteiger partial charge in [0.15, 0.2) is 0 Å². The molecule has 0 aliphatic heterocycles. The highest BCUT2D eigenvalue weighted by Gasteiger charge is 1.90. The smallest absolute Gasteiger partial charge is 0.330 e. The summed E-state index contributed by atoms with van der Waals surface area (Å²) in [7, 11) is 0. The number of hydrogen-bond donors (Lipinski definition) is 0. The number of unbranched alkanes of at least 4 members (excludes halogenated alkanes) is 9. The summed E-state index contributed by atoms with van der Waals surface area (Å²) in [5.41, 5.74) is 0. The van der Waals surface area contributed by atoms with E-state index in [1.54, 1.807) is 0 Å². The SMILES string of the molecule is C=CC(=O)OCCC.CCCCCCCCCCCC. The topological polar surface area (TPSA) is 26.3 Å². The molecule has 0 heterocycles. The van der Waals surface area contributed by atoms with Crippen molar-refractivity contribution in [1.29, 1.82) is 0 Å². The molecule has 0 saturated heterocycles. The summed E-state index contributed by atoms with van der Waals surface area (Å²) in [5, 5.41) is 0. The third kappa shape index (κ3) is 22.4. The molecule has 0 fully saturated rings. The number of rotatable bonds is 12. The van der Waals surface area contributed by atoms with Crippen LogP contribution in [0.3, 0.4) is 0 Å². The van der Waals surface area contributed by atoms with Crippen LogP contribution in [0.1, 0.15) is 91.4 Å². The lowest BCUT2D eigenvalue weighted by molar-refractivity contribution is -0.137. The standard InChI is InChI=1S/C12H26.C6H10O2/c1-3-5-7-9-11-12-10-8-6-4-2;1-3-5-8-6(7)4-2/h3-12H2,1-2H3;4H,2-3,5H2,1H3. The van der Waals surface area contributed by atoms with Crippen LogP contribution in [0.4, 0.5) is 0 Å². The van der Waals surface area contributed by atoms with E-state index < -0.39 is 0 Å². The first kappa shape index (κ1) is 21.5. The van der Waals surface area contributed by atoms with Crippen LogP contribution in [0.15, 0.2) is 12.7 Å². The minimum absolute atomic E-state index is 0.341. The van der Waals surface area contributed by atoms with Crippen molar-refractivity contribution in [3.63, 3.8) is 0 Å². The van der Waals surface area contributed by atoms with Crippen molar-refractivity contribution in [2.24, 2.45) is 0 Å². The van der Waals surface area contributed by atoms with Crippen molar-refractivity contribution < 1.29 is 9.53 Å². The third-order valence-corrected chi connectivity index (χ3v) is 3.07. The summed E-state index contributed by atoms with van der Waals surface area (Å²) in [6.07, 6.45) is 16.5. The Hall–Kier alpha value is -0.790. The molecule has 0 aromatic rings. The highest BCUT2D eigenvalue weighted by molar-refractivity contribution is 5.81. The monoisotopic (exact) mass is 284 g/mol. The van der Waals surface area contributed by atoms with Gasteiger partial charge in [-0.05, 0) is 6.42 Å². The zero-order valence-corrected chi connectivity index (χ0v) is 14.1. The highest BCUT2D eigenvalue weighted by atomic mass is 16.5. The summed E-state index contributed by atoms with van der Waals surface area (Å²) in [4.78, 5) is 10.2. The van der Waals surface area contributed by atoms with Gasteiger partial charge in [0.1, 0.15) is 0 Å². The van der Waals surface area contributed by atoms with E-state index in [1.165, 1.54) is 64.2 Å². The van der Waals surface area contributed by atoms with Crippen LogP contribution in [-0.4, -0.2) is 12.6 Å². The van der Waals surface area contributed by atoms with Gasteiger partial charge in [-0.15, -0.1) is 0 Å². The molecule has 0 spiro atoms. The molecule has 0 aromatic heterocycles. The zero-order chi connectivity index (χ0) is 15.5. The first-order valence-corrected chi connectivity index (χ1v) is 8.52. The largest absolute Gasteiger partial charge is 0.463 e. The van der Waals surface area contributed by atoms with Crippen LogP contribution >= 0.6 is 0 Å². The second-order valence-corrected chi connectivity index (χ2v) is 5.20. The number of ether oxygens (including phenoxy) is 1. The second-order valence-electron chi connectivity index (χ2n) is 5.20. The van der Waals surface area contributed by atoms with E-state index in [0.29, 0.717) is 6.61 Å². The Bertz CT molecular complexity index is 190. The Morgan fingerprint density at radius 2 is 1.20 bits per heavy atom. The van der Waals surface area contributed by atoms with Gasteiger partial charge in [-0.2, -0.15) is 0 Å². The van der Waals surface area contributed by atoms with Crippen molar-refractivity contribution in [3.05, 3.63) is 12.7 Å². The van der Waals surface area contributed by atoms with Crippen LogP contribution in [0, 0.1) is 0 Å². The molecule has 2 nitrogen and oxygen atoms in total. The second kappa shape index (κ2) is 20.5. The van der Waals surface area contributed by atoms with Crippen molar-refractivity contribution in [3.8, 4) is 0 Å². The van der Waals surface area contributed by atoms with Crippen molar-refractivity contribution in [2.45, 2.75) is 91.4 Å². The van der Waals surface area contributed by atoms with Gasteiger partial charge in [0.2, 0.25) is 0 Å². The van der Waals surface area contributed by atoms with E-state index in [1.807, 2.05) is 6.92 Å². The molecule has 120 valence electrons. The summed E-state index contributed by atoms with van der Waals surface area (Å²) in [6, 6.07) is 0. The number of esters is 1. The maximum Gasteiger partial charge on any atom is 0.330 e. The fraction of sp³-hybridized carbons (Fsp3) is 0.833. The molecule has 0 saturated carbocycles. The summed E-state index contributed by atoms with van der Waals surface area (Å²) >= 11 is 0. The van der Waals surface area contributed by atoms with Gasteiger partial charge in [0.25, 0.3) is 0 Å². The summed E-state index contributed by atoms with van der Waals surface area (Å²) in [5.74, 6) is -0.341. The maximum atomic E-state index is 10.2. The van der Waals surface area contributed by atoms with Crippen molar-refractivity contribution in [1.82, 2.24) is 0 Å². The molecule has 0 aliphatic rings. The van der Waals surface area contributed by atoms with Gasteiger partial charge in [-0.3, -0.25) is 0 Å². The average molecular weight is 284 g/mol. The van der Waals surface area contributed by atoms with E-state index in [0.717, 1.165) is 12.5 Å². The van der Waals surface area contributed by atoms with Gasteiger partial charge in [-0.25, -0.2) is 4.79 Å². The Kier molecular flexibility index (Phi) is 22.1. The normalized spacial score (nSPS) is 9.55. The van der Waals surface area contributed by atoms with Crippen LogP contribution < -0.4 is 0 Å². The lowest BCUT2D eigenvalue weighted by Crippen LogP contribution is -1.99. The molecule has 0 aliphatic carbocycles. The van der Waals surface area contributed by atoms with Crippen LogP contribution in [0.5, 0.6) is 0 Å². The molecule has 0 radical (unpaired) electrons. The minimum atomic E-state index is -0.341. The number of carbonyl (C=O) groups excluding carboxylic acids is 1. The predicted octanol–water partition coefficient (Wildman–Crippen LogP) is 6.05. The Morgan fingerprint density at radius 1 is 0.800 bits per heavy atom. The molecule has 20 heavy (non-hydrogen) atoms. The average Bonchev–Trinajstić information content (AvgIpc) is 2.48. The van der Waals surface area contributed by atoms with Crippen molar-refractivity contribution >= 4 is 5.97 Å². The van der Waals surface area contributed by atoms with Crippen LogP contribution in [-0.2, 0) is 9.53 Å². The fourth-order valence-corrected chi connectivity index (χ4v) is 1.82. The maximum absolute atomic E-state index is 10.2. The lowest BCUT2D eigenvalue weighted by atomic mass is 10.1. The molecule has 0 aromatic carbocycles. The Labute approximate surface area is 127 Å². The van der Waals surface area contributed by atoms with E-state index >= 15 is 0 Å². The van der Waals surface area contributed by atoms with Gasteiger partial charge < -0.3 is 4.74 Å². The molecule has 0 N–H and O–H groups in total. The first-order chi connectivity index (χ1) is 9.72. The van der Waals surface area contributed by atoms with Gasteiger partial charge >= 0.3 is 5.97 Å². The Balaban J connectivity index is 0. The third-order valence-electron chi connectivity index (χ3n) is 3.07. The Morgan fingerprint density at radius 3 is 1.50 bits per heavy atom. The molecule has 0 atom stereocenters. The van der Waals surface area contributed by atoms with E-state index in [2.05, 4.69) is 25.2 Å². The lowest BCUT2D eigenvalue weighted by Gasteiger charge is -1.99. The summed E-state index contributed by atoms with van der Waals surface area (Å²) < 4.78 is 4.58. The van der Waals surface area contributed by atoms with Crippen LogP contribution in [0.2, 0.25) is 0 Å². The fourth-order valence-electron chi connectivity index (χ4n) is 1.82. The molecule has 2 heteroatoms. The first-order valence-electron chi connectivity index (χ1n) is 8.52. The molecular weight excluding hydrogens is 248 g/mol. The predicted molar refractivity (Wildman–Crippen MR) is 89.0 cm³/mol. The van der Waals surface area contributed by atoms with Gasteiger partial charge in [0.05, 0.1) is 6.61 Å². The van der Waals surface area contributed by atoms with Gasteiger partial charge in [0, 0.05) is 6.08 Å². The van der Waals surface area contributed by atoms with E-state index in [9.17, 15) is 4.79 Å². The summed E-state index contributed by atoms with van der Waals surface area (Å²) in [6.45, 7) is 10.2. The molecule has 0 bridgehead atoms. The zero-order valence-electron chi connectivity index (χ0n) is 14.1. The quantitative estimate of drug-likeness (QED) is 0.247. The van der Waals surface area contributed by atoms with E-state index in [4.69, 9.17) is 0 Å².